The molecule has 0 spiro atoms. The minimum Gasteiger partial charge on any atom is -0.429 e. The summed E-state index contributed by atoms with van der Waals surface area (Å²) < 4.78 is 5.52. The molecule has 0 unspecified atom stereocenters. The molecular weight excluding hydrogens is 248 g/mol. The Morgan fingerprint density at radius 2 is 2.25 bits per heavy atom. The minimum atomic E-state index is -0.129. The average molecular weight is 257 g/mol. The smallest absolute Gasteiger partial charge is 0.299 e. The third-order valence-electron chi connectivity index (χ3n) is 1.93. The standard InChI is InChI=1S/C10H9ClN2O2S/c1-6-2-3-7(11)4-8(6)15-10-13-12-9(5-14)16-10/h2-4,14H,5H2,1H3. The van der Waals surface area contributed by atoms with Crippen LogP contribution in [-0.4, -0.2) is 15.3 Å². The molecule has 0 atom stereocenters. The van der Waals surface area contributed by atoms with Crippen LogP contribution in [-0.2, 0) is 6.61 Å². The first kappa shape index (κ1) is 11.3. The lowest BCUT2D eigenvalue weighted by Crippen LogP contribution is -1.86. The third kappa shape index (κ3) is 2.49. The van der Waals surface area contributed by atoms with Gasteiger partial charge in [0.05, 0.1) is 6.61 Å². The highest BCUT2D eigenvalue weighted by molar-refractivity contribution is 7.13. The Labute approximate surface area is 101 Å². The van der Waals surface area contributed by atoms with Crippen molar-refractivity contribution in [3.8, 4) is 10.9 Å². The molecule has 0 bridgehead atoms. The first-order chi connectivity index (χ1) is 7.69. The van der Waals surface area contributed by atoms with Crippen molar-refractivity contribution in [2.24, 2.45) is 0 Å². The summed E-state index contributed by atoms with van der Waals surface area (Å²) in [5.74, 6) is 0.646. The third-order valence-corrected chi connectivity index (χ3v) is 2.95. The summed E-state index contributed by atoms with van der Waals surface area (Å²) in [7, 11) is 0. The number of aryl methyl sites for hydroxylation is 1. The summed E-state index contributed by atoms with van der Waals surface area (Å²) in [4.78, 5) is 0. The van der Waals surface area contributed by atoms with E-state index < -0.39 is 0 Å². The zero-order valence-corrected chi connectivity index (χ0v) is 10.0. The summed E-state index contributed by atoms with van der Waals surface area (Å²) in [5.41, 5.74) is 0.963. The van der Waals surface area contributed by atoms with E-state index in [0.29, 0.717) is 21.0 Å². The van der Waals surface area contributed by atoms with Crippen molar-refractivity contribution in [1.82, 2.24) is 10.2 Å². The van der Waals surface area contributed by atoms with Crippen molar-refractivity contribution >= 4 is 22.9 Å². The topological polar surface area (TPSA) is 55.2 Å². The number of rotatable bonds is 3. The number of halogens is 1. The number of ether oxygens (including phenoxy) is 1. The molecule has 2 rings (SSSR count). The van der Waals surface area contributed by atoms with E-state index in [1.165, 1.54) is 11.3 Å². The van der Waals surface area contributed by atoms with Crippen LogP contribution >= 0.6 is 22.9 Å². The molecule has 1 N–H and O–H groups in total. The number of aromatic nitrogens is 2. The highest BCUT2D eigenvalue weighted by Crippen LogP contribution is 2.29. The number of nitrogens with zero attached hydrogens (tertiary/aromatic N) is 2. The molecule has 0 aliphatic rings. The molecule has 0 saturated heterocycles. The van der Waals surface area contributed by atoms with E-state index in [1.54, 1.807) is 12.1 Å². The van der Waals surface area contributed by atoms with Gasteiger partial charge in [-0.05, 0) is 24.6 Å². The molecule has 4 nitrogen and oxygen atoms in total. The number of aliphatic hydroxyl groups excluding tert-OH is 1. The summed E-state index contributed by atoms with van der Waals surface area (Å²) in [5, 5.41) is 17.9. The summed E-state index contributed by atoms with van der Waals surface area (Å²) in [6, 6.07) is 5.38. The highest BCUT2D eigenvalue weighted by atomic mass is 35.5. The molecule has 0 fully saturated rings. The number of hydrogen-bond donors (Lipinski definition) is 1. The van der Waals surface area contributed by atoms with E-state index in [2.05, 4.69) is 10.2 Å². The van der Waals surface area contributed by atoms with E-state index in [4.69, 9.17) is 21.4 Å². The van der Waals surface area contributed by atoms with Crippen molar-refractivity contribution in [2.75, 3.05) is 0 Å². The second-order valence-corrected chi connectivity index (χ2v) is 4.59. The van der Waals surface area contributed by atoms with Gasteiger partial charge in [-0.25, -0.2) is 0 Å². The lowest BCUT2D eigenvalue weighted by atomic mass is 10.2. The number of hydrogen-bond acceptors (Lipinski definition) is 5. The first-order valence-electron chi connectivity index (χ1n) is 4.56. The zero-order valence-electron chi connectivity index (χ0n) is 8.48. The molecule has 16 heavy (non-hydrogen) atoms. The van der Waals surface area contributed by atoms with Gasteiger partial charge >= 0.3 is 0 Å². The fraction of sp³-hybridized carbons (Fsp3) is 0.200. The Balaban J connectivity index is 2.22. The van der Waals surface area contributed by atoms with Crippen LogP contribution < -0.4 is 4.74 Å². The summed E-state index contributed by atoms with van der Waals surface area (Å²) >= 11 is 7.07. The molecule has 2 aromatic rings. The Morgan fingerprint density at radius 1 is 1.44 bits per heavy atom. The van der Waals surface area contributed by atoms with Crippen molar-refractivity contribution < 1.29 is 9.84 Å². The number of benzene rings is 1. The van der Waals surface area contributed by atoms with Crippen LogP contribution in [0.25, 0.3) is 0 Å². The van der Waals surface area contributed by atoms with Gasteiger partial charge in [0.15, 0.2) is 0 Å². The van der Waals surface area contributed by atoms with Crippen LogP contribution in [0.2, 0.25) is 5.02 Å². The molecule has 1 aromatic heterocycles. The van der Waals surface area contributed by atoms with E-state index >= 15 is 0 Å². The van der Waals surface area contributed by atoms with Gasteiger partial charge in [0.2, 0.25) is 0 Å². The maximum absolute atomic E-state index is 8.85. The van der Waals surface area contributed by atoms with Gasteiger partial charge in [-0.3, -0.25) is 0 Å². The Morgan fingerprint density at radius 3 is 2.94 bits per heavy atom. The van der Waals surface area contributed by atoms with Crippen LogP contribution in [0.15, 0.2) is 18.2 Å². The molecule has 6 heteroatoms. The lowest BCUT2D eigenvalue weighted by Gasteiger charge is -2.04. The molecule has 1 aromatic carbocycles. The maximum Gasteiger partial charge on any atom is 0.299 e. The second-order valence-electron chi connectivity index (χ2n) is 3.13. The predicted molar refractivity (Wildman–Crippen MR) is 62.1 cm³/mol. The second kappa shape index (κ2) is 4.78. The maximum atomic E-state index is 8.85. The quantitative estimate of drug-likeness (QED) is 0.918. The van der Waals surface area contributed by atoms with Gasteiger partial charge in [-0.15, -0.1) is 5.10 Å². The molecule has 0 radical (unpaired) electrons. The fourth-order valence-corrected chi connectivity index (χ4v) is 1.84. The predicted octanol–water partition coefficient (Wildman–Crippen LogP) is 2.78. The average Bonchev–Trinajstić information content (AvgIpc) is 2.71. The molecule has 1 heterocycles. The van der Waals surface area contributed by atoms with Crippen LogP contribution in [0.5, 0.6) is 10.9 Å². The summed E-state index contributed by atoms with van der Waals surface area (Å²) in [6.07, 6.45) is 0. The molecule has 0 aliphatic heterocycles. The van der Waals surface area contributed by atoms with E-state index in [1.807, 2.05) is 13.0 Å². The van der Waals surface area contributed by atoms with Crippen molar-refractivity contribution in [2.45, 2.75) is 13.5 Å². The van der Waals surface area contributed by atoms with Gasteiger partial charge in [0.25, 0.3) is 5.19 Å². The van der Waals surface area contributed by atoms with Crippen molar-refractivity contribution in [3.05, 3.63) is 33.8 Å². The first-order valence-corrected chi connectivity index (χ1v) is 5.75. The van der Waals surface area contributed by atoms with Gasteiger partial charge in [0, 0.05) is 5.02 Å². The van der Waals surface area contributed by atoms with Crippen LogP contribution in [0.3, 0.4) is 0 Å². The van der Waals surface area contributed by atoms with Gasteiger partial charge in [0.1, 0.15) is 10.8 Å². The molecule has 0 amide bonds. The molecule has 0 saturated carbocycles. The Kier molecular flexibility index (Phi) is 3.38. The summed E-state index contributed by atoms with van der Waals surface area (Å²) in [6.45, 7) is 1.79. The van der Waals surface area contributed by atoms with E-state index in [9.17, 15) is 0 Å². The molecular formula is C10H9ClN2O2S. The lowest BCUT2D eigenvalue weighted by molar-refractivity contribution is 0.280. The number of aliphatic hydroxyl groups is 1. The zero-order chi connectivity index (χ0) is 11.5. The van der Waals surface area contributed by atoms with Crippen LogP contribution in [0, 0.1) is 6.92 Å². The molecule has 0 aliphatic carbocycles. The van der Waals surface area contributed by atoms with E-state index in [-0.39, 0.29) is 6.61 Å². The van der Waals surface area contributed by atoms with Crippen molar-refractivity contribution in [1.29, 1.82) is 0 Å². The normalized spacial score (nSPS) is 10.4. The highest BCUT2D eigenvalue weighted by Gasteiger charge is 2.07. The SMILES string of the molecule is Cc1ccc(Cl)cc1Oc1nnc(CO)s1. The van der Waals surface area contributed by atoms with E-state index in [0.717, 1.165) is 5.56 Å². The Bertz CT molecular complexity index is 501. The monoisotopic (exact) mass is 256 g/mol. The minimum absolute atomic E-state index is 0.129. The van der Waals surface area contributed by atoms with Crippen molar-refractivity contribution in [3.63, 3.8) is 0 Å². The Hall–Kier alpha value is -1.17. The van der Waals surface area contributed by atoms with Crippen LogP contribution in [0.4, 0.5) is 0 Å². The van der Waals surface area contributed by atoms with Gasteiger partial charge in [-0.2, -0.15) is 0 Å². The van der Waals surface area contributed by atoms with Gasteiger partial charge in [-0.1, -0.05) is 34.1 Å². The van der Waals surface area contributed by atoms with Crippen LogP contribution in [0.1, 0.15) is 10.6 Å². The van der Waals surface area contributed by atoms with Gasteiger partial charge < -0.3 is 9.84 Å². The largest absolute Gasteiger partial charge is 0.429 e. The fourth-order valence-electron chi connectivity index (χ4n) is 1.12. The molecule has 84 valence electrons.